The molecule has 0 radical (unpaired) electrons. The molecule has 0 N–H and O–H groups in total. The summed E-state index contributed by atoms with van der Waals surface area (Å²) in [6.45, 7) is 0. The van der Waals surface area contributed by atoms with Gasteiger partial charge in [-0.15, -0.1) is 0 Å². The van der Waals surface area contributed by atoms with Gasteiger partial charge in [-0.25, -0.2) is 8.42 Å². The summed E-state index contributed by atoms with van der Waals surface area (Å²) in [5, 5.41) is 8.26. The Morgan fingerprint density at radius 2 is 1.87 bits per heavy atom. The van der Waals surface area contributed by atoms with Gasteiger partial charge in [-0.3, -0.25) is 0 Å². The molecule has 15 heavy (non-hydrogen) atoms. The highest BCUT2D eigenvalue weighted by Gasteiger charge is 2.04. The molecule has 4 heteroatoms. The van der Waals surface area contributed by atoms with Crippen LogP contribution >= 0.6 is 0 Å². The van der Waals surface area contributed by atoms with Crippen LogP contribution in [0.25, 0.3) is 0 Å². The van der Waals surface area contributed by atoms with Gasteiger partial charge in [0.05, 0.1) is 17.4 Å². The molecular formula is C11H9NO2S. The highest BCUT2D eigenvalue weighted by Crippen LogP contribution is 2.09. The van der Waals surface area contributed by atoms with E-state index in [-0.39, 0.29) is 11.3 Å². The lowest BCUT2D eigenvalue weighted by Crippen LogP contribution is -1.96. The van der Waals surface area contributed by atoms with Gasteiger partial charge in [0, 0.05) is 11.8 Å². The SMILES string of the molecule is CS(=O)(=O)c1ccc(C#CCC#N)cc1. The fourth-order valence-electron chi connectivity index (χ4n) is 0.971. The van der Waals surface area contributed by atoms with Gasteiger partial charge < -0.3 is 0 Å². The lowest BCUT2D eigenvalue weighted by Gasteiger charge is -1.96. The van der Waals surface area contributed by atoms with Gasteiger partial charge in [-0.2, -0.15) is 5.26 Å². The average molecular weight is 219 g/mol. The Balaban J connectivity index is 2.94. The third-order valence-electron chi connectivity index (χ3n) is 1.68. The lowest BCUT2D eigenvalue weighted by molar-refractivity contribution is 0.602. The van der Waals surface area contributed by atoms with Crippen molar-refractivity contribution in [3.63, 3.8) is 0 Å². The summed E-state index contributed by atoms with van der Waals surface area (Å²) in [6.07, 6.45) is 1.33. The van der Waals surface area contributed by atoms with Gasteiger partial charge >= 0.3 is 0 Å². The molecule has 3 nitrogen and oxygen atoms in total. The second-order valence-corrected chi connectivity index (χ2v) is 4.95. The highest BCUT2D eigenvalue weighted by atomic mass is 32.2. The summed E-state index contributed by atoms with van der Waals surface area (Å²) in [5.74, 6) is 5.41. The van der Waals surface area contributed by atoms with Crippen molar-refractivity contribution < 1.29 is 8.42 Å². The molecule has 0 atom stereocenters. The van der Waals surface area contributed by atoms with Crippen molar-refractivity contribution in [2.45, 2.75) is 11.3 Å². The Hall–Kier alpha value is -1.78. The van der Waals surface area contributed by atoms with Crippen molar-refractivity contribution in [2.75, 3.05) is 6.26 Å². The number of nitriles is 1. The van der Waals surface area contributed by atoms with Gasteiger partial charge in [0.1, 0.15) is 0 Å². The molecule has 0 aliphatic carbocycles. The average Bonchev–Trinajstić information content (AvgIpc) is 2.18. The van der Waals surface area contributed by atoms with Crippen molar-refractivity contribution in [2.24, 2.45) is 0 Å². The summed E-state index contributed by atoms with van der Waals surface area (Å²) in [5.41, 5.74) is 0.706. The lowest BCUT2D eigenvalue weighted by atomic mass is 10.2. The third-order valence-corrected chi connectivity index (χ3v) is 2.81. The Labute approximate surface area is 89.3 Å². The van der Waals surface area contributed by atoms with E-state index in [2.05, 4.69) is 11.8 Å². The number of nitrogens with zero attached hydrogens (tertiary/aromatic N) is 1. The second-order valence-electron chi connectivity index (χ2n) is 2.93. The van der Waals surface area contributed by atoms with Crippen LogP contribution in [0, 0.1) is 23.2 Å². The first-order valence-electron chi connectivity index (χ1n) is 4.20. The highest BCUT2D eigenvalue weighted by molar-refractivity contribution is 7.90. The Morgan fingerprint density at radius 3 is 2.33 bits per heavy atom. The molecule has 0 aromatic heterocycles. The number of hydrogen-bond acceptors (Lipinski definition) is 3. The normalized spacial score (nSPS) is 9.87. The van der Waals surface area contributed by atoms with Crippen LogP contribution < -0.4 is 0 Å². The van der Waals surface area contributed by atoms with E-state index in [1.165, 1.54) is 12.1 Å². The van der Waals surface area contributed by atoms with E-state index >= 15 is 0 Å². The summed E-state index contributed by atoms with van der Waals surface area (Å²) in [6, 6.07) is 8.17. The molecule has 76 valence electrons. The van der Waals surface area contributed by atoms with Crippen LogP contribution in [0.1, 0.15) is 12.0 Å². The molecule has 1 aromatic rings. The van der Waals surface area contributed by atoms with E-state index in [9.17, 15) is 8.42 Å². The molecule has 0 spiro atoms. The summed E-state index contributed by atoms with van der Waals surface area (Å²) in [7, 11) is -3.15. The van der Waals surface area contributed by atoms with Crippen LogP contribution in [-0.4, -0.2) is 14.7 Å². The first kappa shape index (κ1) is 11.3. The molecule has 0 heterocycles. The fraction of sp³-hybridized carbons (Fsp3) is 0.182. The third kappa shape index (κ3) is 3.46. The van der Waals surface area contributed by atoms with E-state index in [0.717, 1.165) is 6.26 Å². The Morgan fingerprint density at radius 1 is 1.27 bits per heavy atom. The first-order valence-corrected chi connectivity index (χ1v) is 6.09. The van der Waals surface area contributed by atoms with Crippen molar-refractivity contribution in [3.05, 3.63) is 29.8 Å². The first-order chi connectivity index (χ1) is 7.04. The van der Waals surface area contributed by atoms with Crippen LogP contribution in [0.2, 0.25) is 0 Å². The Kier molecular flexibility index (Phi) is 3.49. The quantitative estimate of drug-likeness (QED) is 0.670. The van der Waals surface area contributed by atoms with Gasteiger partial charge in [-0.05, 0) is 24.3 Å². The molecule has 0 saturated heterocycles. The Bertz CT molecular complexity index is 539. The van der Waals surface area contributed by atoms with E-state index < -0.39 is 9.84 Å². The summed E-state index contributed by atoms with van der Waals surface area (Å²) < 4.78 is 22.3. The second kappa shape index (κ2) is 4.63. The molecule has 0 unspecified atom stereocenters. The van der Waals surface area contributed by atoms with E-state index in [4.69, 9.17) is 5.26 Å². The van der Waals surface area contributed by atoms with Crippen LogP contribution in [0.15, 0.2) is 29.2 Å². The van der Waals surface area contributed by atoms with Crippen LogP contribution in [0.3, 0.4) is 0 Å². The maximum atomic E-state index is 11.1. The van der Waals surface area contributed by atoms with Gasteiger partial charge in [0.15, 0.2) is 9.84 Å². The molecule has 0 aliphatic rings. The topological polar surface area (TPSA) is 57.9 Å². The standard InChI is InChI=1S/C11H9NO2S/c1-15(13,14)11-7-5-10(6-8-11)4-2-3-9-12/h5-8H,3H2,1H3. The number of sulfone groups is 1. The number of rotatable bonds is 1. The molecular weight excluding hydrogens is 210 g/mol. The number of hydrogen-bond donors (Lipinski definition) is 0. The smallest absolute Gasteiger partial charge is 0.175 e. The molecule has 0 saturated carbocycles. The van der Waals surface area contributed by atoms with Crippen LogP contribution in [0.4, 0.5) is 0 Å². The van der Waals surface area contributed by atoms with Crippen LogP contribution in [0.5, 0.6) is 0 Å². The van der Waals surface area contributed by atoms with Crippen LogP contribution in [-0.2, 0) is 9.84 Å². The summed E-state index contributed by atoms with van der Waals surface area (Å²) >= 11 is 0. The minimum Gasteiger partial charge on any atom is -0.224 e. The van der Waals surface area contributed by atoms with Gasteiger partial charge in [0.2, 0.25) is 0 Å². The van der Waals surface area contributed by atoms with E-state index in [0.29, 0.717) is 5.56 Å². The van der Waals surface area contributed by atoms with Crippen molar-refractivity contribution in [3.8, 4) is 17.9 Å². The zero-order valence-corrected chi connectivity index (χ0v) is 9.00. The fourth-order valence-corrected chi connectivity index (χ4v) is 1.60. The van der Waals surface area contributed by atoms with Crippen molar-refractivity contribution >= 4 is 9.84 Å². The predicted octanol–water partition coefficient (Wildman–Crippen LogP) is 1.36. The monoisotopic (exact) mass is 219 g/mol. The molecule has 1 rings (SSSR count). The minimum atomic E-state index is -3.15. The van der Waals surface area contributed by atoms with Crippen molar-refractivity contribution in [1.29, 1.82) is 5.26 Å². The summed E-state index contributed by atoms with van der Waals surface area (Å²) in [4.78, 5) is 0.272. The zero-order valence-electron chi connectivity index (χ0n) is 8.19. The molecule has 1 aromatic carbocycles. The van der Waals surface area contributed by atoms with Gasteiger partial charge in [0.25, 0.3) is 0 Å². The van der Waals surface area contributed by atoms with Gasteiger partial charge in [-0.1, -0.05) is 11.8 Å². The van der Waals surface area contributed by atoms with Crippen molar-refractivity contribution in [1.82, 2.24) is 0 Å². The maximum absolute atomic E-state index is 11.1. The molecule has 0 fully saturated rings. The number of benzene rings is 1. The van der Waals surface area contributed by atoms with E-state index in [1.54, 1.807) is 12.1 Å². The maximum Gasteiger partial charge on any atom is 0.175 e. The largest absolute Gasteiger partial charge is 0.224 e. The minimum absolute atomic E-state index is 0.174. The molecule has 0 amide bonds. The molecule has 0 aliphatic heterocycles. The van der Waals surface area contributed by atoms with E-state index in [1.807, 2.05) is 6.07 Å². The predicted molar refractivity (Wildman–Crippen MR) is 56.7 cm³/mol. The molecule has 0 bridgehead atoms. The zero-order chi connectivity index (χ0) is 11.3.